The van der Waals surface area contributed by atoms with Crippen LogP contribution in [0.1, 0.15) is 29.5 Å². The molecule has 0 spiro atoms. The molecule has 1 heterocycles. The lowest BCUT2D eigenvalue weighted by atomic mass is 9.75. The van der Waals surface area contributed by atoms with E-state index in [-0.39, 0.29) is 29.7 Å². The summed E-state index contributed by atoms with van der Waals surface area (Å²) in [5.74, 6) is -0.174. The molecule has 0 radical (unpaired) electrons. The molecule has 1 aliphatic carbocycles. The lowest BCUT2D eigenvalue weighted by molar-refractivity contribution is -0.123. The molecule has 3 atom stereocenters. The van der Waals surface area contributed by atoms with Crippen LogP contribution in [0.15, 0.2) is 72.4 Å². The van der Waals surface area contributed by atoms with Gasteiger partial charge in [0.1, 0.15) is 5.78 Å². The second-order valence-corrected chi connectivity index (χ2v) is 6.27. The van der Waals surface area contributed by atoms with Gasteiger partial charge in [0, 0.05) is 18.0 Å². The molecule has 4 heteroatoms. The van der Waals surface area contributed by atoms with Crippen molar-refractivity contribution in [3.8, 4) is 0 Å². The summed E-state index contributed by atoms with van der Waals surface area (Å²) in [5, 5.41) is 5.74. The number of fused-ring (bicyclic) bond motifs is 1. The average molecular weight is 318 g/mol. The largest absolute Gasteiger partial charge is 0.330 e. The third-order valence-corrected chi connectivity index (χ3v) is 4.75. The lowest BCUT2D eigenvalue weighted by Gasteiger charge is -2.38. The average Bonchev–Trinajstić information content (AvgIpc) is 2.62. The van der Waals surface area contributed by atoms with Crippen molar-refractivity contribution in [2.75, 3.05) is 0 Å². The molecule has 1 aliphatic heterocycles. The van der Waals surface area contributed by atoms with Crippen molar-refractivity contribution in [3.05, 3.63) is 83.6 Å². The number of carbonyl (C=O) groups excluding carboxylic acids is 2. The van der Waals surface area contributed by atoms with Gasteiger partial charge in [0.05, 0.1) is 12.0 Å². The summed E-state index contributed by atoms with van der Waals surface area (Å²) in [5.41, 5.74) is 2.77. The summed E-state index contributed by atoms with van der Waals surface area (Å²) in [6.45, 7) is 0. The van der Waals surface area contributed by atoms with Gasteiger partial charge >= 0.3 is 6.03 Å². The zero-order valence-electron chi connectivity index (χ0n) is 13.1. The number of nitrogens with one attached hydrogen (secondary N) is 2. The molecule has 0 bridgehead atoms. The molecular weight excluding hydrogens is 300 g/mol. The predicted octanol–water partition coefficient (Wildman–Crippen LogP) is 3.30. The quantitative estimate of drug-likeness (QED) is 0.892. The van der Waals surface area contributed by atoms with E-state index in [0.717, 1.165) is 16.8 Å². The Bertz CT molecular complexity index is 799. The van der Waals surface area contributed by atoms with Crippen molar-refractivity contribution in [1.82, 2.24) is 10.6 Å². The van der Waals surface area contributed by atoms with Crippen molar-refractivity contribution in [2.45, 2.75) is 18.4 Å². The first-order valence-electron chi connectivity index (χ1n) is 8.14. The Hall–Kier alpha value is -2.88. The topological polar surface area (TPSA) is 58.2 Å². The first-order chi connectivity index (χ1) is 11.7. The highest BCUT2D eigenvalue weighted by Gasteiger charge is 2.41. The van der Waals surface area contributed by atoms with Crippen LogP contribution in [0.4, 0.5) is 4.79 Å². The minimum absolute atomic E-state index is 0.0137. The van der Waals surface area contributed by atoms with Gasteiger partial charge in [-0.2, -0.15) is 0 Å². The van der Waals surface area contributed by atoms with Crippen LogP contribution >= 0.6 is 0 Å². The van der Waals surface area contributed by atoms with E-state index in [1.54, 1.807) is 0 Å². The Morgan fingerprint density at radius 3 is 2.12 bits per heavy atom. The van der Waals surface area contributed by atoms with E-state index < -0.39 is 0 Å². The van der Waals surface area contributed by atoms with Gasteiger partial charge < -0.3 is 10.6 Å². The highest BCUT2D eigenvalue weighted by atomic mass is 16.2. The molecule has 2 aromatic carbocycles. The van der Waals surface area contributed by atoms with Gasteiger partial charge in [0.2, 0.25) is 0 Å². The third kappa shape index (κ3) is 2.60. The number of hydrogen-bond acceptors (Lipinski definition) is 2. The van der Waals surface area contributed by atoms with Crippen molar-refractivity contribution in [3.63, 3.8) is 0 Å². The highest BCUT2D eigenvalue weighted by molar-refractivity contribution is 5.91. The van der Waals surface area contributed by atoms with E-state index in [2.05, 4.69) is 10.6 Å². The third-order valence-electron chi connectivity index (χ3n) is 4.75. The van der Waals surface area contributed by atoms with E-state index >= 15 is 0 Å². The molecule has 2 amide bonds. The number of rotatable bonds is 2. The summed E-state index contributed by atoms with van der Waals surface area (Å²) >= 11 is 0. The van der Waals surface area contributed by atoms with E-state index in [0.29, 0.717) is 6.42 Å². The summed E-state index contributed by atoms with van der Waals surface area (Å²) in [6.07, 6.45) is 2.50. The minimum atomic E-state index is -0.343. The Kier molecular flexibility index (Phi) is 3.65. The maximum Gasteiger partial charge on any atom is 0.319 e. The van der Waals surface area contributed by atoms with E-state index in [1.807, 2.05) is 66.7 Å². The monoisotopic (exact) mass is 318 g/mol. The zero-order valence-corrected chi connectivity index (χ0v) is 13.1. The van der Waals surface area contributed by atoms with Crippen LogP contribution in [0.5, 0.6) is 0 Å². The number of allylic oxidation sites excluding steroid dienone is 1. The van der Waals surface area contributed by atoms with Gasteiger partial charge in [0.25, 0.3) is 0 Å². The Morgan fingerprint density at radius 1 is 0.833 bits per heavy atom. The maximum atomic E-state index is 12.9. The number of carbonyl (C=O) groups is 2. The van der Waals surface area contributed by atoms with E-state index in [4.69, 9.17) is 0 Å². The molecule has 1 fully saturated rings. The number of urea groups is 1. The summed E-state index contributed by atoms with van der Waals surface area (Å²) in [6, 6.07) is 19.0. The van der Waals surface area contributed by atoms with Crippen LogP contribution in [0.25, 0.3) is 0 Å². The first-order valence-corrected chi connectivity index (χ1v) is 8.14. The van der Waals surface area contributed by atoms with Crippen LogP contribution in [0.3, 0.4) is 0 Å². The van der Waals surface area contributed by atoms with Crippen molar-refractivity contribution >= 4 is 11.8 Å². The second-order valence-electron chi connectivity index (χ2n) is 6.27. The first kappa shape index (κ1) is 14.7. The highest BCUT2D eigenvalue weighted by Crippen LogP contribution is 2.39. The molecule has 0 unspecified atom stereocenters. The standard InChI is InChI=1S/C20H18N2O2/c23-17-12-15(13-7-3-1-4-8-13)11-16-18(17)19(22-20(24)21-16)14-9-5-2-6-10-14/h1-11,15,18-19H,12H2,(H2,21,22,24)/t15-,18-,19+/m1/s1. The van der Waals surface area contributed by atoms with Crippen LogP contribution in [-0.2, 0) is 4.79 Å². The number of benzene rings is 2. The van der Waals surface area contributed by atoms with Crippen LogP contribution < -0.4 is 10.6 Å². The number of hydrogen-bond donors (Lipinski definition) is 2. The fourth-order valence-corrected chi connectivity index (χ4v) is 3.62. The van der Waals surface area contributed by atoms with Gasteiger partial charge in [-0.25, -0.2) is 4.79 Å². The molecule has 120 valence electrons. The molecule has 2 aliphatic rings. The molecule has 0 saturated carbocycles. The molecule has 4 rings (SSSR count). The normalized spacial score (nSPS) is 26.0. The Labute approximate surface area is 140 Å². The van der Waals surface area contributed by atoms with Gasteiger partial charge in [0.15, 0.2) is 0 Å². The lowest BCUT2D eigenvalue weighted by Crippen LogP contribution is -2.52. The molecule has 1 saturated heterocycles. The van der Waals surface area contributed by atoms with Gasteiger partial charge in [-0.3, -0.25) is 4.79 Å². The summed E-state index contributed by atoms with van der Waals surface area (Å²) in [7, 11) is 0. The zero-order chi connectivity index (χ0) is 16.5. The molecule has 2 N–H and O–H groups in total. The van der Waals surface area contributed by atoms with Gasteiger partial charge in [-0.05, 0) is 11.1 Å². The fourth-order valence-electron chi connectivity index (χ4n) is 3.62. The van der Waals surface area contributed by atoms with Crippen molar-refractivity contribution in [1.29, 1.82) is 0 Å². The van der Waals surface area contributed by atoms with Crippen LogP contribution in [-0.4, -0.2) is 11.8 Å². The van der Waals surface area contributed by atoms with Gasteiger partial charge in [-0.15, -0.1) is 0 Å². The molecule has 24 heavy (non-hydrogen) atoms. The van der Waals surface area contributed by atoms with Crippen LogP contribution in [0.2, 0.25) is 0 Å². The number of Topliss-reactive ketones (excluding diaryl/α,β-unsaturated/α-hetero) is 1. The molecule has 2 aromatic rings. The summed E-state index contributed by atoms with van der Waals surface area (Å²) < 4.78 is 0. The fraction of sp³-hybridized carbons (Fsp3) is 0.200. The number of amides is 2. The SMILES string of the molecule is O=C1NC2=C[C@@H](c3ccccc3)CC(=O)[C@@H]2[C@H](c2ccccc2)N1. The molecular formula is C20H18N2O2. The van der Waals surface area contributed by atoms with E-state index in [1.165, 1.54) is 0 Å². The van der Waals surface area contributed by atoms with Gasteiger partial charge in [-0.1, -0.05) is 66.7 Å². The minimum Gasteiger partial charge on any atom is -0.330 e. The van der Waals surface area contributed by atoms with Crippen molar-refractivity contribution in [2.24, 2.45) is 5.92 Å². The molecule has 0 aromatic heterocycles. The Balaban J connectivity index is 1.72. The smallest absolute Gasteiger partial charge is 0.319 e. The van der Waals surface area contributed by atoms with Crippen molar-refractivity contribution < 1.29 is 9.59 Å². The number of ketones is 1. The second kappa shape index (κ2) is 5.96. The summed E-state index contributed by atoms with van der Waals surface area (Å²) in [4.78, 5) is 24.9. The molecule has 4 nitrogen and oxygen atoms in total. The Morgan fingerprint density at radius 2 is 1.46 bits per heavy atom. The predicted molar refractivity (Wildman–Crippen MR) is 91.2 cm³/mol. The van der Waals surface area contributed by atoms with E-state index in [9.17, 15) is 9.59 Å². The maximum absolute atomic E-state index is 12.9. The van der Waals surface area contributed by atoms with Crippen LogP contribution in [0, 0.1) is 5.92 Å².